The van der Waals surface area contributed by atoms with Crippen LogP contribution >= 0.6 is 24.0 Å². The Hall–Kier alpha value is -1.20. The van der Waals surface area contributed by atoms with Gasteiger partial charge in [-0.2, -0.15) is 12.6 Å². The summed E-state index contributed by atoms with van der Waals surface area (Å²) in [5.41, 5.74) is 1.13. The first-order chi connectivity index (χ1) is 9.78. The smallest absolute Gasteiger partial charge is 0.161 e. The Morgan fingerprint density at radius 2 is 1.85 bits per heavy atom. The first kappa shape index (κ1) is 15.2. The number of thiazole rings is 1. The molecule has 108 valence electrons. The van der Waals surface area contributed by atoms with Crippen molar-refractivity contribution in [2.45, 2.75) is 32.6 Å². The van der Waals surface area contributed by atoms with Crippen molar-refractivity contribution in [3.05, 3.63) is 39.8 Å². The number of hydrogen-bond donors (Lipinski definition) is 1. The number of aromatic nitrogens is 1. The summed E-state index contributed by atoms with van der Waals surface area (Å²) in [7, 11) is 0. The normalized spacial score (nSPS) is 10.6. The molecule has 0 radical (unpaired) electrons. The van der Waals surface area contributed by atoms with E-state index in [1.54, 1.807) is 11.3 Å². The zero-order valence-electron chi connectivity index (χ0n) is 11.8. The maximum atomic E-state index is 5.83. The van der Waals surface area contributed by atoms with Crippen LogP contribution in [-0.2, 0) is 18.8 Å². The van der Waals surface area contributed by atoms with Crippen molar-refractivity contribution in [2.24, 2.45) is 0 Å². The van der Waals surface area contributed by atoms with E-state index in [-0.39, 0.29) is 0 Å². The number of benzene rings is 1. The fourth-order valence-corrected chi connectivity index (χ4v) is 3.19. The Morgan fingerprint density at radius 3 is 2.40 bits per heavy atom. The topological polar surface area (TPSA) is 31.4 Å². The van der Waals surface area contributed by atoms with Gasteiger partial charge in [0.1, 0.15) is 11.6 Å². The van der Waals surface area contributed by atoms with E-state index in [0.29, 0.717) is 13.2 Å². The molecule has 0 spiro atoms. The van der Waals surface area contributed by atoms with Crippen LogP contribution < -0.4 is 9.47 Å². The molecule has 2 rings (SSSR count). The molecule has 0 aliphatic heterocycles. The van der Waals surface area contributed by atoms with Gasteiger partial charge < -0.3 is 9.47 Å². The zero-order chi connectivity index (χ0) is 14.4. The quantitative estimate of drug-likeness (QED) is 0.781. The summed E-state index contributed by atoms with van der Waals surface area (Å²) < 4.78 is 11.4. The molecule has 0 N–H and O–H groups in total. The summed E-state index contributed by atoms with van der Waals surface area (Å²) in [6, 6.07) is 7.71. The van der Waals surface area contributed by atoms with Crippen LogP contribution in [0.5, 0.6) is 11.5 Å². The Kier molecular flexibility index (Phi) is 5.73. The lowest BCUT2D eigenvalue weighted by molar-refractivity contribution is 0.269. The highest BCUT2D eigenvalue weighted by atomic mass is 32.1. The Balaban J connectivity index is 2.06. The fourth-order valence-electron chi connectivity index (χ4n) is 1.88. The van der Waals surface area contributed by atoms with Gasteiger partial charge in [-0.25, -0.2) is 4.98 Å². The lowest BCUT2D eigenvalue weighted by atomic mass is 10.3. The van der Waals surface area contributed by atoms with E-state index in [1.165, 1.54) is 4.88 Å². The molecule has 0 bridgehead atoms. The van der Waals surface area contributed by atoms with Crippen LogP contribution in [0.1, 0.15) is 29.4 Å². The van der Waals surface area contributed by atoms with E-state index in [2.05, 4.69) is 24.5 Å². The number of ether oxygens (including phenoxy) is 2. The number of aryl methyl sites for hydroxylation is 1. The lowest BCUT2D eigenvalue weighted by Gasteiger charge is -2.10. The van der Waals surface area contributed by atoms with E-state index in [4.69, 9.17) is 9.47 Å². The van der Waals surface area contributed by atoms with Crippen molar-refractivity contribution >= 4 is 24.0 Å². The molecule has 0 aliphatic rings. The van der Waals surface area contributed by atoms with Crippen molar-refractivity contribution in [3.63, 3.8) is 0 Å². The van der Waals surface area contributed by atoms with E-state index >= 15 is 0 Å². The highest BCUT2D eigenvalue weighted by Crippen LogP contribution is 2.28. The van der Waals surface area contributed by atoms with Crippen LogP contribution in [0.25, 0.3) is 0 Å². The third-order valence-corrected chi connectivity index (χ3v) is 4.40. The monoisotopic (exact) mass is 309 g/mol. The van der Waals surface area contributed by atoms with Crippen molar-refractivity contribution in [1.82, 2.24) is 4.98 Å². The van der Waals surface area contributed by atoms with E-state index in [9.17, 15) is 0 Å². The predicted octanol–water partition coefficient (Wildman–Crippen LogP) is 4.11. The fraction of sp³-hybridized carbons (Fsp3) is 0.400. The van der Waals surface area contributed by atoms with Crippen molar-refractivity contribution in [1.29, 1.82) is 0 Å². The highest BCUT2D eigenvalue weighted by Gasteiger charge is 2.10. The third kappa shape index (κ3) is 3.67. The molecule has 0 fully saturated rings. The van der Waals surface area contributed by atoms with Gasteiger partial charge in [-0.05, 0) is 25.5 Å². The number of para-hydroxylation sites is 2. The van der Waals surface area contributed by atoms with Crippen LogP contribution in [0.4, 0.5) is 0 Å². The molecular formula is C15H19NO2S2. The van der Waals surface area contributed by atoms with Crippen LogP contribution in [0, 0.1) is 0 Å². The van der Waals surface area contributed by atoms with Gasteiger partial charge in [0.2, 0.25) is 0 Å². The lowest BCUT2D eigenvalue weighted by Crippen LogP contribution is -1.99. The van der Waals surface area contributed by atoms with E-state index in [0.717, 1.165) is 34.4 Å². The van der Waals surface area contributed by atoms with Gasteiger partial charge in [0, 0.05) is 10.6 Å². The van der Waals surface area contributed by atoms with Crippen molar-refractivity contribution < 1.29 is 9.47 Å². The molecule has 20 heavy (non-hydrogen) atoms. The summed E-state index contributed by atoms with van der Waals surface area (Å²) in [5.74, 6) is 2.27. The van der Waals surface area contributed by atoms with Crippen LogP contribution in [0.3, 0.4) is 0 Å². The molecule has 1 aromatic carbocycles. The molecule has 0 aliphatic carbocycles. The van der Waals surface area contributed by atoms with Crippen LogP contribution in [0.15, 0.2) is 24.3 Å². The SMILES string of the molecule is CCOc1ccccc1OCc1nc(CC)c(CS)s1. The van der Waals surface area contributed by atoms with E-state index < -0.39 is 0 Å². The molecule has 0 saturated carbocycles. The standard InChI is InChI=1S/C15H19NO2S2/c1-3-11-14(10-19)20-15(16-11)9-18-13-8-6-5-7-12(13)17-4-2/h5-8,19H,3-4,9-10H2,1-2H3. The van der Waals surface area contributed by atoms with Crippen molar-refractivity contribution in [2.75, 3.05) is 6.61 Å². The third-order valence-electron chi connectivity index (χ3n) is 2.80. The molecule has 1 heterocycles. The zero-order valence-corrected chi connectivity index (χ0v) is 13.5. The number of rotatable bonds is 7. The molecule has 5 heteroatoms. The average Bonchev–Trinajstić information content (AvgIpc) is 2.89. The number of thiol groups is 1. The van der Waals surface area contributed by atoms with Gasteiger partial charge in [-0.15, -0.1) is 11.3 Å². The number of hydrogen-bond acceptors (Lipinski definition) is 5. The van der Waals surface area contributed by atoms with Gasteiger partial charge in [-0.3, -0.25) is 0 Å². The first-order valence-corrected chi connectivity index (χ1v) is 8.16. The second-order valence-electron chi connectivity index (χ2n) is 4.16. The second kappa shape index (κ2) is 7.55. The molecule has 0 saturated heterocycles. The predicted molar refractivity (Wildman–Crippen MR) is 86.1 cm³/mol. The summed E-state index contributed by atoms with van der Waals surface area (Å²) >= 11 is 6.01. The molecule has 0 atom stereocenters. The molecular weight excluding hydrogens is 290 g/mol. The molecule has 0 amide bonds. The van der Waals surface area contributed by atoms with Gasteiger partial charge in [0.05, 0.1) is 12.3 Å². The maximum Gasteiger partial charge on any atom is 0.161 e. The summed E-state index contributed by atoms with van der Waals surface area (Å²) in [4.78, 5) is 5.82. The second-order valence-corrected chi connectivity index (χ2v) is 5.64. The summed E-state index contributed by atoms with van der Waals surface area (Å²) in [6.07, 6.45) is 0.932. The summed E-state index contributed by atoms with van der Waals surface area (Å²) in [5, 5.41) is 0.984. The van der Waals surface area contributed by atoms with Crippen LogP contribution in [-0.4, -0.2) is 11.6 Å². The van der Waals surface area contributed by atoms with Crippen molar-refractivity contribution in [3.8, 4) is 11.5 Å². The van der Waals surface area contributed by atoms with Crippen LogP contribution in [0.2, 0.25) is 0 Å². The molecule has 1 aromatic heterocycles. The van der Waals surface area contributed by atoms with Gasteiger partial charge >= 0.3 is 0 Å². The molecule has 0 unspecified atom stereocenters. The molecule has 3 nitrogen and oxygen atoms in total. The molecule has 2 aromatic rings. The Bertz CT molecular complexity index is 533. The Labute approximate surface area is 129 Å². The average molecular weight is 309 g/mol. The van der Waals surface area contributed by atoms with E-state index in [1.807, 2.05) is 31.2 Å². The minimum atomic E-state index is 0.468. The highest BCUT2D eigenvalue weighted by molar-refractivity contribution is 7.79. The minimum absolute atomic E-state index is 0.468. The summed E-state index contributed by atoms with van der Waals surface area (Å²) in [6.45, 7) is 5.16. The van der Waals surface area contributed by atoms with Gasteiger partial charge in [-0.1, -0.05) is 19.1 Å². The minimum Gasteiger partial charge on any atom is -0.490 e. The van der Waals surface area contributed by atoms with Gasteiger partial charge in [0.15, 0.2) is 11.5 Å². The first-order valence-electron chi connectivity index (χ1n) is 6.71. The maximum absolute atomic E-state index is 5.83. The van der Waals surface area contributed by atoms with Gasteiger partial charge in [0.25, 0.3) is 0 Å². The number of nitrogens with zero attached hydrogens (tertiary/aromatic N) is 1. The Morgan fingerprint density at radius 1 is 1.15 bits per heavy atom. The largest absolute Gasteiger partial charge is 0.490 e.